The van der Waals surface area contributed by atoms with Gasteiger partial charge in [0.15, 0.2) is 0 Å². The largest absolute Gasteiger partial charge is 0.350 e. The molecule has 3 aromatic carbocycles. The van der Waals surface area contributed by atoms with Crippen LogP contribution in [0.2, 0.25) is 0 Å². The molecule has 0 spiro atoms. The van der Waals surface area contributed by atoms with E-state index >= 15 is 0 Å². The normalized spacial score (nSPS) is 10.1. The number of anilines is 4. The molecule has 0 bridgehead atoms. The maximum atomic E-state index is 13.9. The Bertz CT molecular complexity index is 1010. The van der Waals surface area contributed by atoms with Gasteiger partial charge in [-0.3, -0.25) is 0 Å². The van der Waals surface area contributed by atoms with Gasteiger partial charge < -0.3 is 10.6 Å². The quantitative estimate of drug-likeness (QED) is 0.587. The van der Waals surface area contributed by atoms with Gasteiger partial charge in [0.25, 0.3) is 0 Å². The van der Waals surface area contributed by atoms with Crippen LogP contribution in [0.4, 0.5) is 40.3 Å². The van der Waals surface area contributed by atoms with Gasteiger partial charge >= 0.3 is 0 Å². The molecule has 138 valence electrons. The summed E-state index contributed by atoms with van der Waals surface area (Å²) < 4.78 is 55.5. The Morgan fingerprint density at radius 1 is 0.607 bits per heavy atom. The fourth-order valence-electron chi connectivity index (χ4n) is 2.50. The van der Waals surface area contributed by atoms with Crippen LogP contribution in [0.5, 0.6) is 0 Å². The molecule has 2 N–H and O–H groups in total. The third-order valence-corrected chi connectivity index (χ3v) is 3.84. The van der Waals surface area contributed by atoms with Crippen LogP contribution in [0.25, 0.3) is 0 Å². The molecule has 4 nitrogen and oxygen atoms in total. The Morgan fingerprint density at radius 3 is 1.21 bits per heavy atom. The zero-order valence-corrected chi connectivity index (χ0v) is 14.0. The van der Waals surface area contributed by atoms with Crippen molar-refractivity contribution in [3.8, 4) is 12.1 Å². The smallest absolute Gasteiger partial charge is 0.149 e. The topological polar surface area (TPSA) is 71.6 Å². The van der Waals surface area contributed by atoms with Gasteiger partial charge in [-0.1, -0.05) is 12.1 Å². The van der Waals surface area contributed by atoms with E-state index in [4.69, 9.17) is 0 Å². The fourth-order valence-corrected chi connectivity index (χ4v) is 2.50. The van der Waals surface area contributed by atoms with Crippen molar-refractivity contribution >= 4 is 22.7 Å². The third kappa shape index (κ3) is 3.57. The van der Waals surface area contributed by atoms with Gasteiger partial charge in [-0.2, -0.15) is 10.5 Å². The lowest BCUT2D eigenvalue weighted by Gasteiger charge is -2.15. The van der Waals surface area contributed by atoms with Crippen molar-refractivity contribution < 1.29 is 17.6 Å². The molecule has 0 unspecified atom stereocenters. The summed E-state index contributed by atoms with van der Waals surface area (Å²) in [6.45, 7) is 0. The summed E-state index contributed by atoms with van der Waals surface area (Å²) in [6, 6.07) is 12.4. The van der Waals surface area contributed by atoms with Crippen LogP contribution in [0.3, 0.4) is 0 Å². The van der Waals surface area contributed by atoms with Crippen LogP contribution >= 0.6 is 0 Å². The number of benzene rings is 3. The van der Waals surface area contributed by atoms with Crippen molar-refractivity contribution in [2.45, 2.75) is 0 Å². The first-order valence-electron chi connectivity index (χ1n) is 7.85. The summed E-state index contributed by atoms with van der Waals surface area (Å²) in [6.07, 6.45) is 0. The van der Waals surface area contributed by atoms with Crippen LogP contribution in [0.1, 0.15) is 11.1 Å². The first-order valence-corrected chi connectivity index (χ1v) is 7.85. The van der Waals surface area contributed by atoms with Crippen molar-refractivity contribution in [2.75, 3.05) is 10.6 Å². The summed E-state index contributed by atoms with van der Waals surface area (Å²) in [4.78, 5) is 0. The predicted octanol–water partition coefficient (Wildman–Crippen LogP) is 5.47. The molecular weight excluding hydrogens is 372 g/mol. The first kappa shape index (κ1) is 18.7. The Kier molecular flexibility index (Phi) is 5.14. The van der Waals surface area contributed by atoms with Crippen LogP contribution in [-0.2, 0) is 0 Å². The van der Waals surface area contributed by atoms with Gasteiger partial charge in [0, 0.05) is 0 Å². The van der Waals surface area contributed by atoms with Gasteiger partial charge in [0.1, 0.15) is 46.8 Å². The number of halogens is 4. The maximum absolute atomic E-state index is 13.9. The lowest BCUT2D eigenvalue weighted by molar-refractivity contribution is 0.590. The Labute approximate surface area is 157 Å². The van der Waals surface area contributed by atoms with E-state index < -0.39 is 34.6 Å². The second-order valence-corrected chi connectivity index (χ2v) is 5.61. The summed E-state index contributed by atoms with van der Waals surface area (Å²) in [5, 5.41) is 23.6. The second-order valence-electron chi connectivity index (χ2n) is 5.61. The van der Waals surface area contributed by atoms with Gasteiger partial charge in [-0.25, -0.2) is 17.6 Å². The Morgan fingerprint density at radius 2 is 0.929 bits per heavy atom. The lowest BCUT2D eigenvalue weighted by atomic mass is 10.1. The minimum absolute atomic E-state index is 0.0393. The van der Waals surface area contributed by atoms with Crippen molar-refractivity contribution in [1.82, 2.24) is 0 Å². The molecule has 0 atom stereocenters. The molecule has 0 aromatic heterocycles. The van der Waals surface area contributed by atoms with E-state index in [1.807, 2.05) is 12.1 Å². The van der Waals surface area contributed by atoms with Crippen LogP contribution in [-0.4, -0.2) is 0 Å². The lowest BCUT2D eigenvalue weighted by Crippen LogP contribution is -2.03. The van der Waals surface area contributed by atoms with E-state index in [-0.39, 0.29) is 22.5 Å². The zero-order chi connectivity index (χ0) is 20.3. The number of hydrogen-bond acceptors (Lipinski definition) is 4. The monoisotopic (exact) mass is 382 g/mol. The number of rotatable bonds is 4. The third-order valence-electron chi connectivity index (χ3n) is 3.84. The average Bonchev–Trinajstić information content (AvgIpc) is 2.68. The molecule has 3 rings (SSSR count). The van der Waals surface area contributed by atoms with E-state index in [1.54, 1.807) is 0 Å². The number of hydrogen-bond donors (Lipinski definition) is 2. The van der Waals surface area contributed by atoms with Gasteiger partial charge in [0.05, 0.1) is 22.5 Å². The molecule has 28 heavy (non-hydrogen) atoms. The first-order chi connectivity index (χ1) is 13.4. The minimum atomic E-state index is -0.891. The number of para-hydroxylation sites is 2. The molecule has 8 heteroatoms. The van der Waals surface area contributed by atoms with E-state index in [0.717, 1.165) is 36.4 Å². The molecular formula is C20H10F4N4. The molecule has 0 radical (unpaired) electrons. The standard InChI is InChI=1S/C20H10F4N4/c21-13-3-1-4-14(22)19(13)27-17-7-12(10-26)18(8-11(17)9-25)28-20-15(23)5-2-6-16(20)24/h1-8,27-28H. The van der Waals surface area contributed by atoms with E-state index in [1.165, 1.54) is 12.1 Å². The van der Waals surface area contributed by atoms with Crippen molar-refractivity contribution in [2.24, 2.45) is 0 Å². The molecule has 3 aromatic rings. The highest BCUT2D eigenvalue weighted by atomic mass is 19.1. The maximum Gasteiger partial charge on any atom is 0.149 e. The van der Waals surface area contributed by atoms with Crippen LogP contribution < -0.4 is 10.6 Å². The zero-order valence-electron chi connectivity index (χ0n) is 14.0. The van der Waals surface area contributed by atoms with Gasteiger partial charge in [-0.05, 0) is 36.4 Å². The molecule has 0 aliphatic carbocycles. The molecule has 0 amide bonds. The second kappa shape index (κ2) is 7.68. The molecule has 0 saturated heterocycles. The molecule has 0 fully saturated rings. The Balaban J connectivity index is 2.06. The predicted molar refractivity (Wildman–Crippen MR) is 95.2 cm³/mol. The molecule has 0 saturated carbocycles. The molecule has 0 aliphatic rings. The minimum Gasteiger partial charge on any atom is -0.350 e. The van der Waals surface area contributed by atoms with Crippen molar-refractivity contribution in [3.63, 3.8) is 0 Å². The van der Waals surface area contributed by atoms with Gasteiger partial charge in [0.2, 0.25) is 0 Å². The summed E-state index contributed by atoms with van der Waals surface area (Å²) in [5.41, 5.74) is -1.26. The van der Waals surface area contributed by atoms with Gasteiger partial charge in [-0.15, -0.1) is 0 Å². The Hall–Kier alpha value is -4.04. The van der Waals surface area contributed by atoms with E-state index in [0.29, 0.717) is 0 Å². The molecule has 0 heterocycles. The molecule has 0 aliphatic heterocycles. The number of nitrogens with zero attached hydrogens (tertiary/aromatic N) is 2. The number of nitriles is 2. The SMILES string of the molecule is N#Cc1cc(Nc2c(F)cccc2F)c(C#N)cc1Nc1c(F)cccc1F. The van der Waals surface area contributed by atoms with E-state index in [2.05, 4.69) is 10.6 Å². The highest BCUT2D eigenvalue weighted by molar-refractivity contribution is 5.77. The summed E-state index contributed by atoms with van der Waals surface area (Å²) in [5.74, 6) is -3.56. The van der Waals surface area contributed by atoms with Crippen molar-refractivity contribution in [3.05, 3.63) is 82.9 Å². The highest BCUT2D eigenvalue weighted by Gasteiger charge is 2.16. The number of nitrogens with one attached hydrogen (secondary N) is 2. The van der Waals surface area contributed by atoms with Crippen LogP contribution in [0, 0.1) is 45.9 Å². The highest BCUT2D eigenvalue weighted by Crippen LogP contribution is 2.32. The fraction of sp³-hybridized carbons (Fsp3) is 0. The summed E-state index contributed by atoms with van der Waals surface area (Å²) in [7, 11) is 0. The van der Waals surface area contributed by atoms with E-state index in [9.17, 15) is 28.1 Å². The van der Waals surface area contributed by atoms with Crippen LogP contribution in [0.15, 0.2) is 48.5 Å². The van der Waals surface area contributed by atoms with Crippen molar-refractivity contribution in [1.29, 1.82) is 10.5 Å². The summed E-state index contributed by atoms with van der Waals surface area (Å²) >= 11 is 0. The average molecular weight is 382 g/mol.